The monoisotopic (exact) mass is 501 g/mol. The van der Waals surface area contributed by atoms with Crippen molar-refractivity contribution >= 4 is 28.1 Å². The van der Waals surface area contributed by atoms with E-state index in [1.54, 1.807) is 29.2 Å². The lowest BCUT2D eigenvalue weighted by atomic mass is 10.1. The van der Waals surface area contributed by atoms with Crippen LogP contribution in [0, 0.1) is 13.8 Å². The van der Waals surface area contributed by atoms with Crippen LogP contribution in [0.2, 0.25) is 0 Å². The summed E-state index contributed by atoms with van der Waals surface area (Å²) in [5.74, 6) is 0.846. The molecule has 0 aliphatic rings. The fourth-order valence-electron chi connectivity index (χ4n) is 4.00. The molecule has 1 aromatic heterocycles. The number of aromatic nitrogens is 1. The summed E-state index contributed by atoms with van der Waals surface area (Å²) in [5, 5.41) is 4.91. The molecule has 0 aliphatic carbocycles. The summed E-state index contributed by atoms with van der Waals surface area (Å²) in [7, 11) is 0. The third-order valence-electron chi connectivity index (χ3n) is 5.41. The van der Waals surface area contributed by atoms with Crippen LogP contribution in [0.4, 0.5) is 5.00 Å². The third-order valence-corrected chi connectivity index (χ3v) is 7.63. The summed E-state index contributed by atoms with van der Waals surface area (Å²) in [6.07, 6.45) is 1.79. The van der Waals surface area contributed by atoms with Gasteiger partial charge in [-0.25, -0.2) is 0 Å². The first-order valence-electron chi connectivity index (χ1n) is 11.8. The second kappa shape index (κ2) is 10.7. The molecule has 180 valence electrons. The van der Waals surface area contributed by atoms with Crippen molar-refractivity contribution in [2.75, 3.05) is 11.9 Å². The highest BCUT2D eigenvalue weighted by Crippen LogP contribution is 2.44. The van der Waals surface area contributed by atoms with E-state index in [1.807, 2.05) is 12.1 Å². The molecule has 0 radical (unpaired) electrons. The molecule has 4 aromatic rings. The summed E-state index contributed by atoms with van der Waals surface area (Å²) in [6, 6.07) is 25.3. The van der Waals surface area contributed by atoms with Crippen LogP contribution in [0.3, 0.4) is 0 Å². The molecule has 0 bridgehead atoms. The van der Waals surface area contributed by atoms with E-state index >= 15 is 0 Å². The zero-order chi connectivity index (χ0) is 25.0. The quantitative estimate of drug-likeness (QED) is 0.194. The smallest absolute Gasteiger partial charge is 0.310 e. The van der Waals surface area contributed by atoms with Crippen molar-refractivity contribution in [2.45, 2.75) is 49.4 Å². The SMILES string of the molecule is C=CCOc1ccccc1-c1c(NC(C)(C)C)sc(Sc2ccccc2)[n+]1-c1c(C)cccc1C. The molecular weight excluding hydrogens is 468 g/mol. The van der Waals surface area contributed by atoms with E-state index < -0.39 is 0 Å². The number of anilines is 1. The van der Waals surface area contributed by atoms with E-state index in [0.717, 1.165) is 22.0 Å². The molecule has 0 unspecified atom stereocenters. The number of aryl methyl sites for hydroxylation is 2. The van der Waals surface area contributed by atoms with Gasteiger partial charge in [-0.3, -0.25) is 0 Å². The van der Waals surface area contributed by atoms with E-state index in [0.29, 0.717) is 6.61 Å². The van der Waals surface area contributed by atoms with Crippen LogP contribution in [-0.4, -0.2) is 12.1 Å². The predicted octanol–water partition coefficient (Wildman–Crippen LogP) is 8.24. The molecule has 0 spiro atoms. The molecule has 1 N–H and O–H groups in total. The van der Waals surface area contributed by atoms with E-state index in [1.165, 1.54) is 26.0 Å². The van der Waals surface area contributed by atoms with E-state index in [2.05, 4.69) is 112 Å². The third kappa shape index (κ3) is 5.80. The van der Waals surface area contributed by atoms with Crippen LogP contribution in [0.5, 0.6) is 5.75 Å². The number of benzene rings is 3. The molecule has 0 saturated carbocycles. The van der Waals surface area contributed by atoms with E-state index in [4.69, 9.17) is 4.74 Å². The molecule has 5 heteroatoms. The first-order valence-corrected chi connectivity index (χ1v) is 13.4. The lowest BCUT2D eigenvalue weighted by Crippen LogP contribution is -2.36. The minimum absolute atomic E-state index is 0.107. The summed E-state index contributed by atoms with van der Waals surface area (Å²) < 4.78 is 9.75. The number of ether oxygens (including phenoxy) is 1. The Morgan fingerprint density at radius 1 is 0.943 bits per heavy atom. The number of para-hydroxylation sites is 2. The van der Waals surface area contributed by atoms with Crippen LogP contribution < -0.4 is 14.6 Å². The normalized spacial score (nSPS) is 11.3. The Morgan fingerprint density at radius 2 is 1.60 bits per heavy atom. The maximum Gasteiger partial charge on any atom is 0.310 e. The van der Waals surface area contributed by atoms with Crippen molar-refractivity contribution in [3.63, 3.8) is 0 Å². The molecular formula is C30H33N2OS2+. The molecule has 3 aromatic carbocycles. The molecule has 0 atom stereocenters. The zero-order valence-electron chi connectivity index (χ0n) is 21.1. The van der Waals surface area contributed by atoms with Crippen LogP contribution >= 0.6 is 23.1 Å². The van der Waals surface area contributed by atoms with Crippen LogP contribution in [0.15, 0.2) is 94.7 Å². The van der Waals surface area contributed by atoms with Crippen molar-refractivity contribution in [2.24, 2.45) is 0 Å². The summed E-state index contributed by atoms with van der Waals surface area (Å²) in [5.41, 5.74) is 5.73. The van der Waals surface area contributed by atoms with Gasteiger partial charge in [-0.2, -0.15) is 0 Å². The topological polar surface area (TPSA) is 25.1 Å². The lowest BCUT2D eigenvalue weighted by molar-refractivity contribution is -0.617. The Hall–Kier alpha value is -3.02. The highest BCUT2D eigenvalue weighted by atomic mass is 32.2. The first kappa shape index (κ1) is 25.1. The van der Waals surface area contributed by atoms with Gasteiger partial charge in [0.15, 0.2) is 5.00 Å². The van der Waals surface area contributed by atoms with Gasteiger partial charge in [0.05, 0.1) is 5.56 Å². The second-order valence-electron chi connectivity index (χ2n) is 9.51. The molecule has 0 amide bonds. The van der Waals surface area contributed by atoms with Gasteiger partial charge in [-0.1, -0.05) is 61.2 Å². The highest BCUT2D eigenvalue weighted by molar-refractivity contribution is 8.01. The van der Waals surface area contributed by atoms with Gasteiger partial charge in [-0.05, 0) is 82.0 Å². The first-order chi connectivity index (χ1) is 16.8. The van der Waals surface area contributed by atoms with E-state index in [-0.39, 0.29) is 5.54 Å². The fourth-order valence-corrected chi connectivity index (χ4v) is 6.57. The van der Waals surface area contributed by atoms with Gasteiger partial charge in [0.1, 0.15) is 12.4 Å². The van der Waals surface area contributed by atoms with Gasteiger partial charge in [-0.15, -0.1) is 4.57 Å². The molecule has 0 saturated heterocycles. The Balaban J connectivity index is 2.05. The van der Waals surface area contributed by atoms with Gasteiger partial charge in [0.25, 0.3) is 5.69 Å². The van der Waals surface area contributed by atoms with E-state index in [9.17, 15) is 0 Å². The standard InChI is InChI=1S/C30H33N2OS2/c1-7-20-33-25-19-12-11-18-24(25)27-28(31-30(4,5)6)35-29(34-23-16-9-8-10-17-23)32(27)26-21(2)14-13-15-22(26)3/h7-19,31H,1,20H2,2-6H3/q+1. The predicted molar refractivity (Wildman–Crippen MR) is 150 cm³/mol. The molecule has 35 heavy (non-hydrogen) atoms. The van der Waals surface area contributed by atoms with Crippen molar-refractivity contribution < 1.29 is 9.30 Å². The zero-order valence-corrected chi connectivity index (χ0v) is 22.7. The number of rotatable bonds is 8. The Labute approximate surface area is 217 Å². The number of thiazole rings is 1. The fraction of sp³-hybridized carbons (Fsp3) is 0.233. The molecule has 4 rings (SSSR count). The molecule has 0 aliphatic heterocycles. The maximum atomic E-state index is 6.14. The second-order valence-corrected chi connectivity index (χ2v) is 11.8. The molecule has 3 nitrogen and oxygen atoms in total. The highest BCUT2D eigenvalue weighted by Gasteiger charge is 2.35. The van der Waals surface area contributed by atoms with Crippen molar-refractivity contribution in [1.29, 1.82) is 0 Å². The van der Waals surface area contributed by atoms with Crippen LogP contribution in [0.1, 0.15) is 31.9 Å². The van der Waals surface area contributed by atoms with Crippen molar-refractivity contribution in [1.82, 2.24) is 0 Å². The minimum Gasteiger partial charge on any atom is -0.489 e. The number of nitrogens with zero attached hydrogens (tertiary/aromatic N) is 1. The Morgan fingerprint density at radius 3 is 2.26 bits per heavy atom. The lowest BCUT2D eigenvalue weighted by Gasteiger charge is -2.20. The number of hydrogen-bond donors (Lipinski definition) is 1. The van der Waals surface area contributed by atoms with Crippen LogP contribution in [-0.2, 0) is 0 Å². The number of nitrogens with one attached hydrogen (secondary N) is 1. The van der Waals surface area contributed by atoms with Gasteiger partial charge in [0, 0.05) is 21.6 Å². The summed E-state index contributed by atoms with van der Waals surface area (Å²) >= 11 is 3.58. The summed E-state index contributed by atoms with van der Waals surface area (Å²) in [4.78, 5) is 1.21. The summed E-state index contributed by atoms with van der Waals surface area (Å²) in [6.45, 7) is 15.3. The number of hydrogen-bond acceptors (Lipinski definition) is 4. The van der Waals surface area contributed by atoms with Crippen LogP contribution in [0.25, 0.3) is 16.9 Å². The largest absolute Gasteiger partial charge is 0.489 e. The average Bonchev–Trinajstić information content (AvgIpc) is 3.13. The molecule has 0 fully saturated rings. The average molecular weight is 502 g/mol. The van der Waals surface area contributed by atoms with Gasteiger partial charge >= 0.3 is 4.34 Å². The van der Waals surface area contributed by atoms with Gasteiger partial charge < -0.3 is 10.1 Å². The minimum atomic E-state index is -0.107. The Bertz CT molecular complexity index is 1300. The van der Waals surface area contributed by atoms with Crippen molar-refractivity contribution in [3.8, 4) is 22.7 Å². The Kier molecular flexibility index (Phi) is 7.68. The van der Waals surface area contributed by atoms with Crippen molar-refractivity contribution in [3.05, 3.63) is 96.6 Å². The van der Waals surface area contributed by atoms with Gasteiger partial charge in [0.2, 0.25) is 5.69 Å². The molecule has 1 heterocycles. The maximum absolute atomic E-state index is 6.14.